The number of carbonyl (C=O) groups excluding carboxylic acids is 1. The van der Waals surface area contributed by atoms with Gasteiger partial charge in [0.25, 0.3) is 5.69 Å². The number of aryl methyl sites for hydroxylation is 1. The lowest BCUT2D eigenvalue weighted by atomic mass is 10.1. The summed E-state index contributed by atoms with van der Waals surface area (Å²) < 4.78 is 5.18. The van der Waals surface area contributed by atoms with Crippen molar-refractivity contribution in [3.63, 3.8) is 0 Å². The number of non-ortho nitro benzene ring substituents is 1. The number of carbonyl (C=O) groups is 1. The van der Waals surface area contributed by atoms with Gasteiger partial charge in [0.15, 0.2) is 0 Å². The fourth-order valence-corrected chi connectivity index (χ4v) is 2.54. The van der Waals surface area contributed by atoms with E-state index in [-0.39, 0.29) is 17.3 Å². The fourth-order valence-electron chi connectivity index (χ4n) is 2.54. The van der Waals surface area contributed by atoms with E-state index in [1.807, 2.05) is 43.1 Å². The van der Waals surface area contributed by atoms with Gasteiger partial charge in [-0.1, -0.05) is 24.3 Å². The number of nitrogens with zero attached hydrogens (tertiary/aromatic N) is 2. The van der Waals surface area contributed by atoms with Gasteiger partial charge in [-0.2, -0.15) is 0 Å². The van der Waals surface area contributed by atoms with Crippen molar-refractivity contribution >= 4 is 17.3 Å². The highest BCUT2D eigenvalue weighted by molar-refractivity contribution is 5.96. The third kappa shape index (κ3) is 4.58. The maximum Gasteiger partial charge on any atom is 0.271 e. The molecule has 2 aromatic carbocycles. The average Bonchev–Trinajstić information content (AvgIpc) is 2.62. The van der Waals surface area contributed by atoms with E-state index in [4.69, 9.17) is 4.74 Å². The van der Waals surface area contributed by atoms with Crippen molar-refractivity contribution in [3.8, 4) is 5.75 Å². The predicted octanol–water partition coefficient (Wildman–Crippen LogP) is 3.37. The predicted molar refractivity (Wildman–Crippen MR) is 100 cm³/mol. The number of anilines is 1. The zero-order valence-electron chi connectivity index (χ0n) is 15.4. The van der Waals surface area contributed by atoms with Gasteiger partial charge in [-0.15, -0.1) is 0 Å². The minimum absolute atomic E-state index is 0.109. The van der Waals surface area contributed by atoms with Gasteiger partial charge in [0.2, 0.25) is 5.91 Å². The summed E-state index contributed by atoms with van der Waals surface area (Å²) in [4.78, 5) is 25.0. The standard InChI is InChI=1S/C19H23N3O4/c1-13-7-5-6-8-15(13)12-21(3)14(2)19(23)20-17-11-16(22(24)25)9-10-18(17)26-4/h5-11,14H,12H2,1-4H3,(H,20,23)/t14-/m1/s1. The first-order chi connectivity index (χ1) is 12.3. The third-order valence-electron chi connectivity index (χ3n) is 4.37. The van der Waals surface area contributed by atoms with Gasteiger partial charge in [0, 0.05) is 18.7 Å². The minimum Gasteiger partial charge on any atom is -0.495 e. The van der Waals surface area contributed by atoms with Crippen LogP contribution in [0.4, 0.5) is 11.4 Å². The van der Waals surface area contributed by atoms with E-state index in [0.29, 0.717) is 12.3 Å². The van der Waals surface area contributed by atoms with Gasteiger partial charge in [-0.3, -0.25) is 19.8 Å². The number of likely N-dealkylation sites (N-methyl/N-ethyl adjacent to an activating group) is 1. The van der Waals surface area contributed by atoms with Crippen LogP contribution in [0.1, 0.15) is 18.1 Å². The molecule has 0 fully saturated rings. The van der Waals surface area contributed by atoms with Crippen molar-refractivity contribution in [3.05, 3.63) is 63.7 Å². The molecule has 1 N–H and O–H groups in total. The van der Waals surface area contributed by atoms with Crippen LogP contribution < -0.4 is 10.1 Å². The van der Waals surface area contributed by atoms with Gasteiger partial charge in [0.05, 0.1) is 23.8 Å². The van der Waals surface area contributed by atoms with E-state index < -0.39 is 11.0 Å². The number of nitro groups is 1. The Bertz CT molecular complexity index is 807. The molecule has 138 valence electrons. The summed E-state index contributed by atoms with van der Waals surface area (Å²) in [6.07, 6.45) is 0. The van der Waals surface area contributed by atoms with Crippen molar-refractivity contribution in [2.75, 3.05) is 19.5 Å². The minimum atomic E-state index is -0.511. The van der Waals surface area contributed by atoms with Crippen LogP contribution in [0.15, 0.2) is 42.5 Å². The summed E-state index contributed by atoms with van der Waals surface area (Å²) in [5, 5.41) is 13.7. The molecule has 2 rings (SSSR count). The number of hydrogen-bond donors (Lipinski definition) is 1. The van der Waals surface area contributed by atoms with E-state index in [9.17, 15) is 14.9 Å². The van der Waals surface area contributed by atoms with E-state index >= 15 is 0 Å². The Morgan fingerprint density at radius 2 is 2.00 bits per heavy atom. The number of methoxy groups -OCH3 is 1. The molecule has 7 heteroatoms. The molecule has 0 bridgehead atoms. The summed E-state index contributed by atoms with van der Waals surface area (Å²) in [7, 11) is 3.31. The summed E-state index contributed by atoms with van der Waals surface area (Å²) in [6.45, 7) is 4.44. The van der Waals surface area contributed by atoms with Crippen molar-refractivity contribution in [2.45, 2.75) is 26.4 Å². The highest BCUT2D eigenvalue weighted by Gasteiger charge is 2.21. The maximum absolute atomic E-state index is 12.6. The molecule has 0 radical (unpaired) electrons. The van der Waals surface area contributed by atoms with Gasteiger partial charge in [-0.05, 0) is 38.1 Å². The molecule has 7 nitrogen and oxygen atoms in total. The largest absolute Gasteiger partial charge is 0.495 e. The second kappa shape index (κ2) is 8.44. The Hall–Kier alpha value is -2.93. The number of amides is 1. The lowest BCUT2D eigenvalue weighted by Crippen LogP contribution is -2.39. The second-order valence-corrected chi connectivity index (χ2v) is 6.15. The van der Waals surface area contributed by atoms with Gasteiger partial charge < -0.3 is 10.1 Å². The molecule has 0 saturated carbocycles. The van der Waals surface area contributed by atoms with Crippen molar-refractivity contribution in [1.29, 1.82) is 0 Å². The first kappa shape index (κ1) is 19.4. The molecule has 26 heavy (non-hydrogen) atoms. The van der Waals surface area contributed by atoms with Crippen LogP contribution in [-0.4, -0.2) is 35.9 Å². The molecule has 1 atom stereocenters. The van der Waals surface area contributed by atoms with E-state index in [1.54, 1.807) is 6.92 Å². The number of nitrogens with one attached hydrogen (secondary N) is 1. The highest BCUT2D eigenvalue weighted by atomic mass is 16.6. The molecular weight excluding hydrogens is 334 g/mol. The normalized spacial score (nSPS) is 11.9. The highest BCUT2D eigenvalue weighted by Crippen LogP contribution is 2.29. The Kier molecular flexibility index (Phi) is 6.30. The third-order valence-corrected chi connectivity index (χ3v) is 4.37. The molecule has 0 spiro atoms. The lowest BCUT2D eigenvalue weighted by molar-refractivity contribution is -0.384. The number of hydrogen-bond acceptors (Lipinski definition) is 5. The molecule has 2 aromatic rings. The van der Waals surface area contributed by atoms with Crippen LogP contribution in [0.3, 0.4) is 0 Å². The number of nitro benzene ring substituents is 1. The van der Waals surface area contributed by atoms with Crippen molar-refractivity contribution in [1.82, 2.24) is 4.90 Å². The molecule has 0 saturated heterocycles. The molecule has 0 aliphatic heterocycles. The zero-order chi connectivity index (χ0) is 19.3. The van der Waals surface area contributed by atoms with Gasteiger partial charge in [0.1, 0.15) is 5.75 Å². The molecular formula is C19H23N3O4. The van der Waals surface area contributed by atoms with E-state index in [1.165, 1.54) is 25.3 Å². The van der Waals surface area contributed by atoms with E-state index in [0.717, 1.165) is 11.1 Å². The molecule has 0 aliphatic rings. The SMILES string of the molecule is COc1ccc([N+](=O)[O-])cc1NC(=O)[C@@H](C)N(C)Cc1ccccc1C. The average molecular weight is 357 g/mol. The Balaban J connectivity index is 2.12. The fraction of sp³-hybridized carbons (Fsp3) is 0.316. The number of ether oxygens (including phenoxy) is 1. The summed E-state index contributed by atoms with van der Waals surface area (Å²) in [5.74, 6) is 0.109. The Labute approximate surface area is 152 Å². The van der Waals surface area contributed by atoms with Crippen LogP contribution in [0.25, 0.3) is 0 Å². The first-order valence-electron chi connectivity index (χ1n) is 8.21. The molecule has 0 unspecified atom stereocenters. The van der Waals surface area contributed by atoms with Crippen LogP contribution in [0, 0.1) is 17.0 Å². The summed E-state index contributed by atoms with van der Waals surface area (Å²) >= 11 is 0. The number of benzene rings is 2. The van der Waals surface area contributed by atoms with Crippen LogP contribution in [-0.2, 0) is 11.3 Å². The van der Waals surface area contributed by atoms with Crippen LogP contribution in [0.5, 0.6) is 5.75 Å². The van der Waals surface area contributed by atoms with Gasteiger partial charge >= 0.3 is 0 Å². The monoisotopic (exact) mass is 357 g/mol. The Morgan fingerprint density at radius 1 is 1.31 bits per heavy atom. The van der Waals surface area contributed by atoms with Crippen molar-refractivity contribution in [2.24, 2.45) is 0 Å². The summed E-state index contributed by atoms with van der Waals surface area (Å²) in [6, 6.07) is 11.7. The molecule has 1 amide bonds. The topological polar surface area (TPSA) is 84.7 Å². The van der Waals surface area contributed by atoms with Crippen molar-refractivity contribution < 1.29 is 14.5 Å². The molecule has 0 heterocycles. The van der Waals surface area contributed by atoms with E-state index in [2.05, 4.69) is 5.32 Å². The van der Waals surface area contributed by atoms with Crippen LogP contribution in [0.2, 0.25) is 0 Å². The number of rotatable bonds is 7. The van der Waals surface area contributed by atoms with Crippen LogP contribution >= 0.6 is 0 Å². The second-order valence-electron chi connectivity index (χ2n) is 6.15. The Morgan fingerprint density at radius 3 is 2.62 bits per heavy atom. The maximum atomic E-state index is 12.6. The lowest BCUT2D eigenvalue weighted by Gasteiger charge is -2.25. The van der Waals surface area contributed by atoms with Gasteiger partial charge in [-0.25, -0.2) is 0 Å². The zero-order valence-corrected chi connectivity index (χ0v) is 15.4. The first-order valence-corrected chi connectivity index (χ1v) is 8.21. The quantitative estimate of drug-likeness (QED) is 0.607. The smallest absolute Gasteiger partial charge is 0.271 e. The summed E-state index contributed by atoms with van der Waals surface area (Å²) in [5.41, 5.74) is 2.47. The molecule has 0 aromatic heterocycles. The molecule has 0 aliphatic carbocycles.